The number of hydrazine groups is 1. The minimum absolute atomic E-state index is 0.0537. The van der Waals surface area contributed by atoms with Crippen LogP contribution in [-0.2, 0) is 13.0 Å². The van der Waals surface area contributed by atoms with Crippen LogP contribution in [0.25, 0.3) is 0 Å². The van der Waals surface area contributed by atoms with Gasteiger partial charge >= 0.3 is 0 Å². The summed E-state index contributed by atoms with van der Waals surface area (Å²) in [6, 6.07) is 16.0. The molecule has 6 nitrogen and oxygen atoms in total. The van der Waals surface area contributed by atoms with E-state index in [0.717, 1.165) is 47.0 Å². The van der Waals surface area contributed by atoms with Gasteiger partial charge in [0.2, 0.25) is 0 Å². The minimum atomic E-state index is -0.122. The standard InChI is InChI=1S/C23H23ClN4O2/c24-18-3-1-2-15(9-18)19-13-27-28-22(19)17-10-20(25-12-17)23(29)26-11-14-4-5-21-16(8-14)6-7-30-21/h1-5,8-10,12,19,22,25,27-28H,6-7,11,13H2,(H,26,29). The topological polar surface area (TPSA) is 78.2 Å². The number of fused-ring (bicyclic) bond motifs is 1. The zero-order valence-electron chi connectivity index (χ0n) is 16.4. The van der Waals surface area contributed by atoms with Crippen LogP contribution in [-0.4, -0.2) is 24.0 Å². The second-order valence-corrected chi connectivity index (χ2v) is 8.17. The summed E-state index contributed by atoms with van der Waals surface area (Å²) >= 11 is 6.17. The first-order chi connectivity index (χ1) is 14.7. The van der Waals surface area contributed by atoms with E-state index in [1.807, 2.05) is 42.6 Å². The Hall–Kier alpha value is -2.80. The van der Waals surface area contributed by atoms with E-state index in [-0.39, 0.29) is 17.9 Å². The van der Waals surface area contributed by atoms with Crippen LogP contribution in [0.4, 0.5) is 0 Å². The number of ether oxygens (including phenoxy) is 1. The summed E-state index contributed by atoms with van der Waals surface area (Å²) in [5.74, 6) is 1.05. The highest BCUT2D eigenvalue weighted by molar-refractivity contribution is 6.30. The van der Waals surface area contributed by atoms with E-state index < -0.39 is 0 Å². The molecule has 0 radical (unpaired) electrons. The van der Waals surface area contributed by atoms with Gasteiger partial charge in [-0.15, -0.1) is 0 Å². The molecule has 2 atom stereocenters. The van der Waals surface area contributed by atoms with E-state index in [9.17, 15) is 4.79 Å². The summed E-state index contributed by atoms with van der Waals surface area (Å²) in [5.41, 5.74) is 11.6. The fourth-order valence-electron chi connectivity index (χ4n) is 4.21. The van der Waals surface area contributed by atoms with Crippen molar-refractivity contribution in [2.45, 2.75) is 24.9 Å². The molecule has 0 bridgehead atoms. The molecule has 154 valence electrons. The van der Waals surface area contributed by atoms with E-state index in [1.165, 1.54) is 5.56 Å². The Morgan fingerprint density at radius 3 is 3.00 bits per heavy atom. The monoisotopic (exact) mass is 422 g/mol. The van der Waals surface area contributed by atoms with Crippen LogP contribution in [0.2, 0.25) is 5.02 Å². The molecule has 7 heteroatoms. The number of nitrogens with one attached hydrogen (secondary N) is 4. The number of carbonyl (C=O) groups is 1. The second kappa shape index (κ2) is 8.14. The molecule has 3 heterocycles. The molecular weight excluding hydrogens is 400 g/mol. The number of rotatable bonds is 5. The van der Waals surface area contributed by atoms with Gasteiger partial charge < -0.3 is 15.0 Å². The Kier molecular flexibility index (Phi) is 5.21. The van der Waals surface area contributed by atoms with Crippen molar-refractivity contribution in [3.05, 3.63) is 87.7 Å². The molecule has 2 unspecified atom stereocenters. The molecule has 2 aromatic carbocycles. The molecule has 0 saturated carbocycles. The lowest BCUT2D eigenvalue weighted by Gasteiger charge is -2.18. The fraction of sp³-hybridized carbons (Fsp3) is 0.261. The third-order valence-corrected chi connectivity index (χ3v) is 6.01. The highest BCUT2D eigenvalue weighted by Gasteiger charge is 2.30. The normalized spacial score (nSPS) is 20.0. The van der Waals surface area contributed by atoms with Crippen LogP contribution in [0.5, 0.6) is 5.75 Å². The molecule has 1 amide bonds. The lowest BCUT2D eigenvalue weighted by atomic mass is 9.90. The number of amides is 1. The molecule has 1 saturated heterocycles. The second-order valence-electron chi connectivity index (χ2n) is 7.73. The quantitative estimate of drug-likeness (QED) is 0.507. The van der Waals surface area contributed by atoms with Crippen molar-refractivity contribution >= 4 is 17.5 Å². The van der Waals surface area contributed by atoms with Gasteiger partial charge in [0, 0.05) is 36.6 Å². The third-order valence-electron chi connectivity index (χ3n) is 5.77. The number of halogens is 1. The SMILES string of the molecule is O=C(NCc1ccc2c(c1)CCO2)c1cc(C2NNCC2c2cccc(Cl)c2)c[nH]1. The number of H-pyrrole nitrogens is 1. The first kappa shape index (κ1) is 19.2. The van der Waals surface area contributed by atoms with Crippen LogP contribution >= 0.6 is 11.6 Å². The average molecular weight is 423 g/mol. The summed E-state index contributed by atoms with van der Waals surface area (Å²) < 4.78 is 5.54. The van der Waals surface area contributed by atoms with Crippen molar-refractivity contribution in [2.24, 2.45) is 0 Å². The predicted octanol–water partition coefficient (Wildman–Crippen LogP) is 3.47. The third kappa shape index (κ3) is 3.81. The zero-order valence-corrected chi connectivity index (χ0v) is 17.1. The Morgan fingerprint density at radius 2 is 2.10 bits per heavy atom. The van der Waals surface area contributed by atoms with E-state index in [1.54, 1.807) is 0 Å². The van der Waals surface area contributed by atoms with Crippen molar-refractivity contribution in [1.82, 2.24) is 21.2 Å². The largest absolute Gasteiger partial charge is 0.493 e. The van der Waals surface area contributed by atoms with Crippen molar-refractivity contribution in [2.75, 3.05) is 13.2 Å². The van der Waals surface area contributed by atoms with Gasteiger partial charge in [-0.2, -0.15) is 0 Å². The van der Waals surface area contributed by atoms with Gasteiger partial charge in [-0.05, 0) is 46.5 Å². The molecular formula is C23H23ClN4O2. The van der Waals surface area contributed by atoms with Gasteiger partial charge in [0.25, 0.3) is 5.91 Å². The average Bonchev–Trinajstić information content (AvgIpc) is 3.51. The maximum atomic E-state index is 12.7. The Balaban J connectivity index is 1.26. The summed E-state index contributed by atoms with van der Waals surface area (Å²) in [4.78, 5) is 15.8. The molecule has 1 aromatic heterocycles. The fourth-order valence-corrected chi connectivity index (χ4v) is 4.41. The highest BCUT2D eigenvalue weighted by atomic mass is 35.5. The van der Waals surface area contributed by atoms with Crippen LogP contribution in [0.1, 0.15) is 44.7 Å². The van der Waals surface area contributed by atoms with Crippen LogP contribution in [0.15, 0.2) is 54.7 Å². The first-order valence-electron chi connectivity index (χ1n) is 10.1. The maximum Gasteiger partial charge on any atom is 0.267 e. The van der Waals surface area contributed by atoms with Crippen LogP contribution in [0.3, 0.4) is 0 Å². The van der Waals surface area contributed by atoms with E-state index in [4.69, 9.17) is 16.3 Å². The molecule has 2 aliphatic rings. The number of hydrogen-bond donors (Lipinski definition) is 4. The summed E-state index contributed by atoms with van der Waals surface area (Å²) in [6.45, 7) is 2.01. The zero-order chi connectivity index (χ0) is 20.5. The van der Waals surface area contributed by atoms with Crippen LogP contribution < -0.4 is 20.9 Å². The van der Waals surface area contributed by atoms with Gasteiger partial charge in [-0.25, -0.2) is 5.43 Å². The van der Waals surface area contributed by atoms with E-state index >= 15 is 0 Å². The lowest BCUT2D eigenvalue weighted by Crippen LogP contribution is -2.25. The van der Waals surface area contributed by atoms with E-state index in [2.05, 4.69) is 33.3 Å². The molecule has 0 spiro atoms. The van der Waals surface area contributed by atoms with Crippen molar-refractivity contribution in [3.63, 3.8) is 0 Å². The lowest BCUT2D eigenvalue weighted by molar-refractivity contribution is 0.0946. The number of aromatic amines is 1. The summed E-state index contributed by atoms with van der Waals surface area (Å²) in [5, 5.41) is 3.72. The molecule has 4 N–H and O–H groups in total. The number of benzene rings is 2. The van der Waals surface area contributed by atoms with Crippen molar-refractivity contribution < 1.29 is 9.53 Å². The predicted molar refractivity (Wildman–Crippen MR) is 116 cm³/mol. The van der Waals surface area contributed by atoms with Crippen LogP contribution in [0, 0.1) is 0 Å². The molecule has 1 fully saturated rings. The Labute approximate surface area is 179 Å². The smallest absolute Gasteiger partial charge is 0.267 e. The van der Waals surface area contributed by atoms with Gasteiger partial charge in [0.05, 0.1) is 12.6 Å². The maximum absolute atomic E-state index is 12.7. The molecule has 5 rings (SSSR count). The molecule has 2 aliphatic heterocycles. The summed E-state index contributed by atoms with van der Waals surface area (Å²) in [6.07, 6.45) is 2.82. The van der Waals surface area contributed by atoms with Crippen molar-refractivity contribution in [1.29, 1.82) is 0 Å². The van der Waals surface area contributed by atoms with Crippen molar-refractivity contribution in [3.8, 4) is 5.75 Å². The number of carbonyl (C=O) groups excluding carboxylic acids is 1. The van der Waals surface area contributed by atoms with Gasteiger partial charge in [0.15, 0.2) is 0 Å². The summed E-state index contributed by atoms with van der Waals surface area (Å²) in [7, 11) is 0. The van der Waals surface area contributed by atoms with Gasteiger partial charge in [0.1, 0.15) is 11.4 Å². The Bertz CT molecular complexity index is 1080. The van der Waals surface area contributed by atoms with Gasteiger partial charge in [-0.3, -0.25) is 10.2 Å². The first-order valence-corrected chi connectivity index (χ1v) is 10.5. The van der Waals surface area contributed by atoms with E-state index in [0.29, 0.717) is 12.2 Å². The Morgan fingerprint density at radius 1 is 1.17 bits per heavy atom. The number of aromatic nitrogens is 1. The van der Waals surface area contributed by atoms with Gasteiger partial charge in [-0.1, -0.05) is 35.9 Å². The molecule has 0 aliphatic carbocycles. The minimum Gasteiger partial charge on any atom is -0.493 e. The number of hydrogen-bond acceptors (Lipinski definition) is 4. The molecule has 3 aromatic rings. The molecule has 30 heavy (non-hydrogen) atoms. The highest BCUT2D eigenvalue weighted by Crippen LogP contribution is 2.34.